The maximum Gasteiger partial charge on any atom is 0.237 e. The molecule has 0 radical (unpaired) electrons. The van der Waals surface area contributed by atoms with Gasteiger partial charge in [-0.15, -0.1) is 11.8 Å². The summed E-state index contributed by atoms with van der Waals surface area (Å²) in [6, 6.07) is 20.2. The molecule has 0 unspecified atom stereocenters. The molecule has 0 saturated carbocycles. The van der Waals surface area contributed by atoms with Crippen LogP contribution in [0.1, 0.15) is 69.1 Å². The van der Waals surface area contributed by atoms with Gasteiger partial charge in [0.1, 0.15) is 5.25 Å². The molecule has 2 aromatic rings. The van der Waals surface area contributed by atoms with Crippen molar-refractivity contribution in [3.05, 3.63) is 66.2 Å². The molecule has 146 valence electrons. The predicted octanol–water partition coefficient (Wildman–Crippen LogP) is 6.78. The highest BCUT2D eigenvalue weighted by Gasteiger charge is 2.21. The van der Waals surface area contributed by atoms with E-state index >= 15 is 0 Å². The Labute approximate surface area is 169 Å². The zero-order valence-electron chi connectivity index (χ0n) is 16.5. The van der Waals surface area contributed by atoms with Crippen LogP contribution in [0.4, 0.5) is 0 Å². The van der Waals surface area contributed by atoms with Crippen LogP contribution in [0, 0.1) is 0 Å². The van der Waals surface area contributed by atoms with Crippen molar-refractivity contribution in [3.8, 4) is 0 Å². The van der Waals surface area contributed by atoms with Crippen molar-refractivity contribution in [1.82, 2.24) is 5.32 Å². The summed E-state index contributed by atoms with van der Waals surface area (Å²) in [4.78, 5) is 13.9. The molecule has 0 fully saturated rings. The Balaban J connectivity index is 1.77. The fraction of sp³-hybridized carbons (Fsp3) is 0.458. The van der Waals surface area contributed by atoms with E-state index in [0.29, 0.717) is 0 Å². The van der Waals surface area contributed by atoms with Crippen LogP contribution in [0.5, 0.6) is 0 Å². The number of carbonyl (C=O) groups is 1. The average Bonchev–Trinajstić information content (AvgIpc) is 2.72. The second-order valence-corrected chi connectivity index (χ2v) is 8.17. The van der Waals surface area contributed by atoms with Crippen LogP contribution in [0.3, 0.4) is 0 Å². The van der Waals surface area contributed by atoms with Gasteiger partial charge in [0.2, 0.25) is 5.91 Å². The number of hydrogen-bond donors (Lipinski definition) is 1. The molecule has 27 heavy (non-hydrogen) atoms. The maximum atomic E-state index is 12.8. The lowest BCUT2D eigenvalue weighted by molar-refractivity contribution is -0.120. The zero-order valence-corrected chi connectivity index (χ0v) is 17.3. The van der Waals surface area contributed by atoms with Gasteiger partial charge in [-0.2, -0.15) is 0 Å². The highest BCUT2D eigenvalue weighted by Crippen LogP contribution is 2.35. The molecule has 1 N–H and O–H groups in total. The molecule has 0 aliphatic rings. The highest BCUT2D eigenvalue weighted by atomic mass is 32.2. The molecule has 0 spiro atoms. The predicted molar refractivity (Wildman–Crippen MR) is 117 cm³/mol. The van der Waals surface area contributed by atoms with Gasteiger partial charge in [-0.05, 0) is 24.1 Å². The Morgan fingerprint density at radius 1 is 0.815 bits per heavy atom. The van der Waals surface area contributed by atoms with E-state index in [9.17, 15) is 4.79 Å². The van der Waals surface area contributed by atoms with Gasteiger partial charge in [0, 0.05) is 11.4 Å². The van der Waals surface area contributed by atoms with Crippen LogP contribution in [0.15, 0.2) is 65.6 Å². The Morgan fingerprint density at radius 3 is 2.00 bits per heavy atom. The van der Waals surface area contributed by atoms with Crippen LogP contribution in [-0.4, -0.2) is 12.5 Å². The largest absolute Gasteiger partial charge is 0.355 e. The van der Waals surface area contributed by atoms with Gasteiger partial charge >= 0.3 is 0 Å². The topological polar surface area (TPSA) is 29.1 Å². The number of carbonyl (C=O) groups excluding carboxylic acids is 1. The Bertz CT molecular complexity index is 629. The summed E-state index contributed by atoms with van der Waals surface area (Å²) in [5.74, 6) is 0.109. The van der Waals surface area contributed by atoms with E-state index in [4.69, 9.17) is 0 Å². The van der Waals surface area contributed by atoms with Crippen LogP contribution in [-0.2, 0) is 4.79 Å². The first kappa shape index (κ1) is 21.6. The van der Waals surface area contributed by atoms with E-state index in [1.165, 1.54) is 44.9 Å². The van der Waals surface area contributed by atoms with Crippen molar-refractivity contribution in [3.63, 3.8) is 0 Å². The molecule has 2 nitrogen and oxygen atoms in total. The molecule has 0 aliphatic carbocycles. The smallest absolute Gasteiger partial charge is 0.237 e. The summed E-state index contributed by atoms with van der Waals surface area (Å²) in [6.07, 6.45) is 10.2. The molecule has 1 atom stereocenters. The van der Waals surface area contributed by atoms with Gasteiger partial charge in [0.15, 0.2) is 0 Å². The van der Waals surface area contributed by atoms with Crippen molar-refractivity contribution >= 4 is 17.7 Å². The van der Waals surface area contributed by atoms with Crippen molar-refractivity contribution < 1.29 is 4.79 Å². The van der Waals surface area contributed by atoms with Crippen LogP contribution >= 0.6 is 11.8 Å². The van der Waals surface area contributed by atoms with E-state index < -0.39 is 0 Å². The molecular formula is C24H33NOS. The summed E-state index contributed by atoms with van der Waals surface area (Å²) in [7, 11) is 0. The van der Waals surface area contributed by atoms with Crippen LogP contribution in [0.25, 0.3) is 0 Å². The molecule has 1 amide bonds. The number of amides is 1. The molecule has 0 bridgehead atoms. The third kappa shape index (κ3) is 8.66. The van der Waals surface area contributed by atoms with E-state index in [0.717, 1.165) is 23.4 Å². The van der Waals surface area contributed by atoms with E-state index in [1.54, 1.807) is 11.8 Å². The summed E-state index contributed by atoms with van der Waals surface area (Å²) < 4.78 is 0. The van der Waals surface area contributed by atoms with Gasteiger partial charge in [0.25, 0.3) is 0 Å². The number of thioether (sulfide) groups is 1. The normalized spacial score (nSPS) is 11.9. The Kier molecular flexibility index (Phi) is 10.7. The first-order chi connectivity index (χ1) is 13.3. The highest BCUT2D eigenvalue weighted by molar-refractivity contribution is 8.00. The molecular weight excluding hydrogens is 350 g/mol. The SMILES string of the molecule is CCCCCCCCCCNC(=O)[C@@H](Sc1ccccc1)c1ccccc1. The van der Waals surface area contributed by atoms with E-state index in [-0.39, 0.29) is 11.2 Å². The van der Waals surface area contributed by atoms with Gasteiger partial charge < -0.3 is 5.32 Å². The van der Waals surface area contributed by atoms with Gasteiger partial charge in [-0.3, -0.25) is 4.79 Å². The standard InChI is InChI=1S/C24H33NOS/c1-2-3-4-5-6-7-8-15-20-25-24(26)23(21-16-11-9-12-17-21)27-22-18-13-10-14-19-22/h9-14,16-19,23H,2-8,15,20H2,1H3,(H,25,26)/t23-/m0/s1. The molecule has 3 heteroatoms. The van der Waals surface area contributed by atoms with Crippen LogP contribution < -0.4 is 5.32 Å². The average molecular weight is 384 g/mol. The lowest BCUT2D eigenvalue weighted by Gasteiger charge is -2.17. The number of unbranched alkanes of at least 4 members (excludes halogenated alkanes) is 7. The minimum atomic E-state index is -0.206. The number of nitrogens with one attached hydrogen (secondary N) is 1. The fourth-order valence-corrected chi connectivity index (χ4v) is 4.17. The van der Waals surface area contributed by atoms with Gasteiger partial charge in [-0.1, -0.05) is 100 Å². The molecule has 2 rings (SSSR count). The van der Waals surface area contributed by atoms with Gasteiger partial charge in [-0.25, -0.2) is 0 Å². The summed E-state index contributed by atoms with van der Waals surface area (Å²) >= 11 is 1.62. The quantitative estimate of drug-likeness (QED) is 0.305. The molecule has 0 saturated heterocycles. The lowest BCUT2D eigenvalue weighted by atomic mass is 10.1. The summed E-state index contributed by atoms with van der Waals surface area (Å²) in [5, 5.41) is 2.95. The van der Waals surface area contributed by atoms with Crippen molar-refractivity contribution in [1.29, 1.82) is 0 Å². The molecule has 0 aliphatic heterocycles. The maximum absolute atomic E-state index is 12.8. The fourth-order valence-electron chi connectivity index (χ4n) is 3.10. The minimum Gasteiger partial charge on any atom is -0.355 e. The van der Waals surface area contributed by atoms with Crippen LogP contribution in [0.2, 0.25) is 0 Å². The second-order valence-electron chi connectivity index (χ2n) is 6.99. The van der Waals surface area contributed by atoms with E-state index in [2.05, 4.69) is 24.4 Å². The zero-order chi connectivity index (χ0) is 19.2. The second kappa shape index (κ2) is 13.4. The van der Waals surface area contributed by atoms with Crippen molar-refractivity contribution in [2.45, 2.75) is 68.4 Å². The number of hydrogen-bond acceptors (Lipinski definition) is 2. The first-order valence-corrected chi connectivity index (χ1v) is 11.2. The van der Waals surface area contributed by atoms with Crippen molar-refractivity contribution in [2.75, 3.05) is 6.54 Å². The third-order valence-corrected chi connectivity index (χ3v) is 5.93. The third-order valence-electron chi connectivity index (χ3n) is 4.67. The number of rotatable bonds is 13. The van der Waals surface area contributed by atoms with E-state index in [1.807, 2.05) is 48.5 Å². The minimum absolute atomic E-state index is 0.109. The molecule has 0 heterocycles. The van der Waals surface area contributed by atoms with Crippen molar-refractivity contribution in [2.24, 2.45) is 0 Å². The Hall–Kier alpha value is -1.74. The first-order valence-electron chi connectivity index (χ1n) is 10.4. The Morgan fingerprint density at radius 2 is 1.37 bits per heavy atom. The molecule has 0 aromatic heterocycles. The molecule has 2 aromatic carbocycles. The number of benzene rings is 2. The lowest BCUT2D eigenvalue weighted by Crippen LogP contribution is -2.28. The summed E-state index contributed by atoms with van der Waals surface area (Å²) in [5.41, 5.74) is 1.06. The monoisotopic (exact) mass is 383 g/mol. The summed E-state index contributed by atoms with van der Waals surface area (Å²) in [6.45, 7) is 3.02. The van der Waals surface area contributed by atoms with Gasteiger partial charge in [0.05, 0.1) is 0 Å².